The lowest BCUT2D eigenvalue weighted by molar-refractivity contribution is 0.0688. The maximum atomic E-state index is 14.5. The number of hydrogen-bond acceptors (Lipinski definition) is 3. The normalized spacial score (nSPS) is 20.9. The lowest BCUT2D eigenvalue weighted by Gasteiger charge is -2.34. The van der Waals surface area contributed by atoms with Crippen molar-refractivity contribution in [1.29, 1.82) is 0 Å². The van der Waals surface area contributed by atoms with Gasteiger partial charge in [-0.25, -0.2) is 9.37 Å². The van der Waals surface area contributed by atoms with Crippen molar-refractivity contribution in [2.75, 3.05) is 20.1 Å². The Morgan fingerprint density at radius 1 is 1.38 bits per heavy atom. The van der Waals surface area contributed by atoms with E-state index in [4.69, 9.17) is 11.6 Å². The number of rotatable bonds is 2. The Balaban J connectivity index is 2.07. The van der Waals surface area contributed by atoms with E-state index in [2.05, 4.69) is 14.9 Å². The van der Waals surface area contributed by atoms with E-state index in [0.717, 1.165) is 13.1 Å². The molecule has 16 heavy (non-hydrogen) atoms. The van der Waals surface area contributed by atoms with Crippen LogP contribution in [0.5, 0.6) is 0 Å². The first kappa shape index (κ1) is 11.7. The topological polar surface area (TPSA) is 29.0 Å². The Morgan fingerprint density at radius 3 is 2.62 bits per heavy atom. The minimum Gasteiger partial charge on any atom is -0.306 e. The van der Waals surface area contributed by atoms with E-state index < -0.39 is 5.67 Å². The fourth-order valence-electron chi connectivity index (χ4n) is 1.96. The summed E-state index contributed by atoms with van der Waals surface area (Å²) >= 11 is 5.88. The second kappa shape index (κ2) is 4.63. The van der Waals surface area contributed by atoms with Crippen LogP contribution in [0, 0.1) is 0 Å². The highest BCUT2D eigenvalue weighted by Gasteiger charge is 2.34. The number of halogens is 2. The van der Waals surface area contributed by atoms with E-state index in [0.29, 0.717) is 23.7 Å². The van der Waals surface area contributed by atoms with Gasteiger partial charge in [-0.3, -0.25) is 4.98 Å². The van der Waals surface area contributed by atoms with Crippen LogP contribution in [0.4, 0.5) is 4.39 Å². The summed E-state index contributed by atoms with van der Waals surface area (Å²) in [5.74, 6) is 0. The maximum absolute atomic E-state index is 14.5. The third kappa shape index (κ3) is 2.68. The SMILES string of the molecule is CN1CCC(F)(Cc2nccnc2Cl)CC1. The highest BCUT2D eigenvalue weighted by atomic mass is 35.5. The van der Waals surface area contributed by atoms with E-state index in [9.17, 15) is 4.39 Å². The molecule has 1 aliphatic rings. The molecular weight excluding hydrogens is 229 g/mol. The van der Waals surface area contributed by atoms with E-state index in [1.165, 1.54) is 6.20 Å². The Labute approximate surface area is 99.6 Å². The van der Waals surface area contributed by atoms with Gasteiger partial charge in [0, 0.05) is 31.9 Å². The van der Waals surface area contributed by atoms with Gasteiger partial charge in [-0.2, -0.15) is 0 Å². The molecule has 0 unspecified atom stereocenters. The molecule has 1 saturated heterocycles. The van der Waals surface area contributed by atoms with Crippen LogP contribution in [0.1, 0.15) is 18.5 Å². The van der Waals surface area contributed by atoms with Gasteiger partial charge in [-0.1, -0.05) is 11.6 Å². The highest BCUT2D eigenvalue weighted by Crippen LogP contribution is 2.30. The average molecular weight is 244 g/mol. The van der Waals surface area contributed by atoms with Crippen LogP contribution in [0.25, 0.3) is 0 Å². The summed E-state index contributed by atoms with van der Waals surface area (Å²) in [5.41, 5.74) is -0.608. The van der Waals surface area contributed by atoms with E-state index in [-0.39, 0.29) is 6.42 Å². The van der Waals surface area contributed by atoms with Crippen LogP contribution in [0.2, 0.25) is 5.15 Å². The molecule has 1 aliphatic heterocycles. The van der Waals surface area contributed by atoms with Crippen LogP contribution in [-0.4, -0.2) is 40.7 Å². The van der Waals surface area contributed by atoms with Crippen molar-refractivity contribution in [3.8, 4) is 0 Å². The summed E-state index contributed by atoms with van der Waals surface area (Å²) in [4.78, 5) is 10.1. The van der Waals surface area contributed by atoms with Gasteiger partial charge in [0.2, 0.25) is 0 Å². The Kier molecular flexibility index (Phi) is 3.40. The number of likely N-dealkylation sites (tertiary alicyclic amines) is 1. The molecule has 3 nitrogen and oxygen atoms in total. The third-order valence-corrected chi connectivity index (χ3v) is 3.41. The van der Waals surface area contributed by atoms with Gasteiger partial charge in [0.05, 0.1) is 5.69 Å². The smallest absolute Gasteiger partial charge is 0.150 e. The number of aromatic nitrogens is 2. The van der Waals surface area contributed by atoms with Gasteiger partial charge in [-0.15, -0.1) is 0 Å². The van der Waals surface area contributed by atoms with Crippen LogP contribution < -0.4 is 0 Å². The summed E-state index contributed by atoms with van der Waals surface area (Å²) in [7, 11) is 2.01. The van der Waals surface area contributed by atoms with Crippen LogP contribution in [0.15, 0.2) is 12.4 Å². The van der Waals surface area contributed by atoms with Crippen molar-refractivity contribution in [3.63, 3.8) is 0 Å². The van der Waals surface area contributed by atoms with Crippen LogP contribution in [-0.2, 0) is 6.42 Å². The van der Waals surface area contributed by atoms with Crippen LogP contribution in [0.3, 0.4) is 0 Å². The van der Waals surface area contributed by atoms with E-state index in [1.54, 1.807) is 6.20 Å². The molecule has 1 fully saturated rings. The molecule has 2 rings (SSSR count). The Morgan fingerprint density at radius 2 is 2.00 bits per heavy atom. The zero-order valence-electron chi connectivity index (χ0n) is 9.29. The van der Waals surface area contributed by atoms with Crippen molar-refractivity contribution in [1.82, 2.24) is 14.9 Å². The first-order valence-corrected chi connectivity index (χ1v) is 5.80. The van der Waals surface area contributed by atoms with Gasteiger partial charge in [0.1, 0.15) is 5.67 Å². The molecular formula is C11H15ClFN3. The standard InChI is InChI=1S/C11H15ClFN3/c1-16-6-2-11(13,3-7-16)8-9-10(12)15-5-4-14-9/h4-5H,2-3,6-8H2,1H3. The monoisotopic (exact) mass is 243 g/mol. The zero-order valence-corrected chi connectivity index (χ0v) is 10.0. The largest absolute Gasteiger partial charge is 0.306 e. The van der Waals surface area contributed by atoms with Crippen molar-refractivity contribution in [2.24, 2.45) is 0 Å². The van der Waals surface area contributed by atoms with E-state index in [1.807, 2.05) is 7.05 Å². The van der Waals surface area contributed by atoms with Crippen LogP contribution >= 0.6 is 11.6 Å². The predicted molar refractivity (Wildman–Crippen MR) is 61.3 cm³/mol. The van der Waals surface area contributed by atoms with Gasteiger partial charge < -0.3 is 4.90 Å². The van der Waals surface area contributed by atoms with Gasteiger partial charge in [-0.05, 0) is 19.9 Å². The fraction of sp³-hybridized carbons (Fsp3) is 0.636. The third-order valence-electron chi connectivity index (χ3n) is 3.09. The summed E-state index contributed by atoms with van der Waals surface area (Å²) < 4.78 is 14.5. The Hall–Kier alpha value is -0.740. The molecule has 0 radical (unpaired) electrons. The van der Waals surface area contributed by atoms with Gasteiger partial charge in [0.25, 0.3) is 0 Å². The molecule has 0 N–H and O–H groups in total. The second-order valence-corrected chi connectivity index (χ2v) is 4.78. The molecule has 0 aliphatic carbocycles. The van der Waals surface area contributed by atoms with Crippen molar-refractivity contribution >= 4 is 11.6 Å². The highest BCUT2D eigenvalue weighted by molar-refractivity contribution is 6.29. The van der Waals surface area contributed by atoms with Crippen molar-refractivity contribution < 1.29 is 4.39 Å². The molecule has 0 atom stereocenters. The molecule has 5 heteroatoms. The molecule has 0 spiro atoms. The summed E-state index contributed by atoms with van der Waals surface area (Å²) in [6.07, 6.45) is 4.42. The molecule has 2 heterocycles. The lowest BCUT2D eigenvalue weighted by atomic mass is 9.89. The molecule has 0 bridgehead atoms. The maximum Gasteiger partial charge on any atom is 0.150 e. The van der Waals surface area contributed by atoms with Crippen molar-refractivity contribution in [2.45, 2.75) is 24.9 Å². The first-order chi connectivity index (χ1) is 7.59. The molecule has 88 valence electrons. The fourth-order valence-corrected chi connectivity index (χ4v) is 2.14. The van der Waals surface area contributed by atoms with Gasteiger partial charge >= 0.3 is 0 Å². The molecule has 1 aromatic rings. The number of alkyl halides is 1. The quantitative estimate of drug-likeness (QED) is 0.797. The number of nitrogens with zero attached hydrogens (tertiary/aromatic N) is 3. The molecule has 0 saturated carbocycles. The number of hydrogen-bond donors (Lipinski definition) is 0. The average Bonchev–Trinajstić information content (AvgIpc) is 2.27. The summed E-state index contributed by atoms with van der Waals surface area (Å²) in [5, 5.41) is 0.318. The predicted octanol–water partition coefficient (Wildman–Crippen LogP) is 2.11. The Bertz CT molecular complexity index is 364. The molecule has 0 aromatic carbocycles. The minimum atomic E-state index is -1.17. The minimum absolute atomic E-state index is 0.271. The summed E-state index contributed by atoms with van der Waals surface area (Å²) in [6.45, 7) is 1.57. The van der Waals surface area contributed by atoms with Gasteiger partial charge in [0.15, 0.2) is 5.15 Å². The zero-order chi connectivity index (χ0) is 11.6. The second-order valence-electron chi connectivity index (χ2n) is 4.42. The van der Waals surface area contributed by atoms with E-state index >= 15 is 0 Å². The summed E-state index contributed by atoms with van der Waals surface area (Å²) in [6, 6.07) is 0. The molecule has 1 aromatic heterocycles. The lowest BCUT2D eigenvalue weighted by Crippen LogP contribution is -2.41. The van der Waals surface area contributed by atoms with Crippen molar-refractivity contribution in [3.05, 3.63) is 23.2 Å². The molecule has 0 amide bonds. The first-order valence-electron chi connectivity index (χ1n) is 5.42. The number of piperidine rings is 1.